The second-order valence-corrected chi connectivity index (χ2v) is 9.04. The number of carbonyl (C=O) groups excluding carboxylic acids is 2. The summed E-state index contributed by atoms with van der Waals surface area (Å²) in [6.45, 7) is 4.09. The fraction of sp³-hybridized carbons (Fsp3) is 0.400. The van der Waals surface area contributed by atoms with E-state index in [2.05, 4.69) is 49.0 Å². The molecule has 37 heavy (non-hydrogen) atoms. The van der Waals surface area contributed by atoms with Crippen LogP contribution in [0.2, 0.25) is 5.02 Å². The van der Waals surface area contributed by atoms with Gasteiger partial charge in [0.1, 0.15) is 6.29 Å². The van der Waals surface area contributed by atoms with Crippen LogP contribution in [0.3, 0.4) is 0 Å². The Balaban J connectivity index is 0.000000571. The topological polar surface area (TPSA) is 115 Å². The Hall–Kier alpha value is -2.57. The van der Waals surface area contributed by atoms with Gasteiger partial charge < -0.3 is 25.4 Å². The minimum absolute atomic E-state index is 0.0107. The first kappa shape index (κ1) is 32.5. The summed E-state index contributed by atoms with van der Waals surface area (Å²) >= 11 is 9.48. The summed E-state index contributed by atoms with van der Waals surface area (Å²) in [5.74, 6) is -1.39. The molecule has 204 valence electrons. The number of aliphatic imine (C=N–C) groups is 1. The molecule has 3 rings (SSSR count). The fourth-order valence-electron chi connectivity index (χ4n) is 2.95. The van der Waals surface area contributed by atoms with Gasteiger partial charge in [-0.15, -0.1) is 0 Å². The molecule has 0 spiro atoms. The van der Waals surface area contributed by atoms with Crippen LogP contribution in [0.4, 0.5) is 21.5 Å². The summed E-state index contributed by atoms with van der Waals surface area (Å²) in [6.07, 6.45) is 5.66. The number of carbonyl (C=O) groups is 2. The van der Waals surface area contributed by atoms with Crippen LogP contribution < -0.4 is 16.1 Å². The van der Waals surface area contributed by atoms with Crippen molar-refractivity contribution in [3.8, 4) is 0 Å². The van der Waals surface area contributed by atoms with Crippen LogP contribution in [0.25, 0.3) is 0 Å². The van der Waals surface area contributed by atoms with Gasteiger partial charge in [0.05, 0.1) is 47.2 Å². The molecule has 2 aromatic carbocycles. The summed E-state index contributed by atoms with van der Waals surface area (Å²) in [5.41, 5.74) is 2.56. The van der Waals surface area contributed by atoms with Crippen LogP contribution >= 0.6 is 27.5 Å². The van der Waals surface area contributed by atoms with Gasteiger partial charge >= 0.3 is 0 Å². The van der Waals surface area contributed by atoms with E-state index in [9.17, 15) is 9.59 Å². The number of anilines is 3. The first-order valence-corrected chi connectivity index (χ1v) is 12.8. The smallest absolute Gasteiger partial charge is 0.277 e. The van der Waals surface area contributed by atoms with Crippen molar-refractivity contribution in [1.29, 1.82) is 0 Å². The monoisotopic (exact) mass is 601 g/mol. The van der Waals surface area contributed by atoms with E-state index in [1.165, 1.54) is 51.5 Å². The van der Waals surface area contributed by atoms with Gasteiger partial charge in [0.15, 0.2) is 5.82 Å². The standard InChI is InChI=1S/C17H17BrClFN4O3.C5H11N.C3H6O/c1-21-9-22-14-5-3-11(17(26)24-27-7-6-25)16(15(14)20)23-13-4-2-10(18)8-12(13)19;1-6-4-2-3-5-6;1-2-3-4/h2-5,8-9,23,25H,6-7H2,1H3,(H,21,22)(H,24,26);2-5H2,1H3;3H,2H2,1H3. The van der Waals surface area contributed by atoms with Gasteiger partial charge in [-0.25, -0.2) is 9.87 Å². The zero-order chi connectivity index (χ0) is 27.6. The van der Waals surface area contributed by atoms with E-state index in [0.717, 1.165) is 10.8 Å². The highest BCUT2D eigenvalue weighted by Gasteiger charge is 2.20. The van der Waals surface area contributed by atoms with Gasteiger partial charge in [0.2, 0.25) is 0 Å². The van der Waals surface area contributed by atoms with Crippen LogP contribution in [0.15, 0.2) is 39.8 Å². The Kier molecular flexibility index (Phi) is 16.4. The molecule has 1 heterocycles. The largest absolute Gasteiger partial charge is 0.394 e. The number of benzene rings is 2. The Labute approximate surface area is 230 Å². The average Bonchev–Trinajstić information content (AvgIpc) is 3.37. The van der Waals surface area contributed by atoms with E-state index in [4.69, 9.17) is 21.5 Å². The van der Waals surface area contributed by atoms with Gasteiger partial charge in [-0.1, -0.05) is 34.5 Å². The summed E-state index contributed by atoms with van der Waals surface area (Å²) in [5, 5.41) is 14.6. The number of aliphatic hydroxyl groups excluding tert-OH is 1. The zero-order valence-corrected chi connectivity index (χ0v) is 23.5. The number of hydrogen-bond acceptors (Lipinski definition) is 7. The van der Waals surface area contributed by atoms with Crippen molar-refractivity contribution >= 4 is 63.1 Å². The normalized spacial score (nSPS) is 12.7. The average molecular weight is 603 g/mol. The number of hydrogen-bond donors (Lipinski definition) is 4. The molecule has 0 saturated carbocycles. The molecule has 4 N–H and O–H groups in total. The van der Waals surface area contributed by atoms with Crippen molar-refractivity contribution in [2.75, 3.05) is 51.0 Å². The maximum atomic E-state index is 15.0. The van der Waals surface area contributed by atoms with Crippen molar-refractivity contribution in [3.05, 3.63) is 51.2 Å². The zero-order valence-electron chi connectivity index (χ0n) is 21.2. The molecule has 2 aromatic rings. The molecule has 1 aliphatic rings. The predicted molar refractivity (Wildman–Crippen MR) is 150 cm³/mol. The second kappa shape index (κ2) is 18.6. The second-order valence-electron chi connectivity index (χ2n) is 7.72. The van der Waals surface area contributed by atoms with E-state index in [0.29, 0.717) is 17.1 Å². The highest BCUT2D eigenvalue weighted by molar-refractivity contribution is 9.10. The van der Waals surface area contributed by atoms with Gasteiger partial charge in [-0.05, 0) is 63.3 Å². The highest BCUT2D eigenvalue weighted by atomic mass is 79.9. The number of nitrogens with zero attached hydrogens (tertiary/aromatic N) is 2. The Morgan fingerprint density at radius 3 is 2.43 bits per heavy atom. The third kappa shape index (κ3) is 12.0. The quantitative estimate of drug-likeness (QED) is 0.105. The molecule has 0 radical (unpaired) electrons. The minimum atomic E-state index is -0.705. The maximum Gasteiger partial charge on any atom is 0.277 e. The van der Waals surface area contributed by atoms with E-state index >= 15 is 4.39 Å². The van der Waals surface area contributed by atoms with Gasteiger partial charge in [-0.2, -0.15) is 0 Å². The molecule has 12 heteroatoms. The van der Waals surface area contributed by atoms with Crippen LogP contribution in [-0.2, 0) is 9.63 Å². The molecule has 0 aromatic heterocycles. The molecule has 9 nitrogen and oxygen atoms in total. The highest BCUT2D eigenvalue weighted by Crippen LogP contribution is 2.33. The van der Waals surface area contributed by atoms with Crippen molar-refractivity contribution < 1.29 is 23.9 Å². The number of halogens is 3. The molecule has 1 fully saturated rings. The Morgan fingerprint density at radius 2 is 1.92 bits per heavy atom. The van der Waals surface area contributed by atoms with Gasteiger partial charge in [0, 0.05) is 17.9 Å². The molecule has 1 saturated heterocycles. The number of nitrogens with one attached hydrogen (secondary N) is 3. The SMILES string of the molecule is CCC=O.CN1CCCC1.CN=CNc1ccc(C(=O)NOCCO)c(Nc2ccc(Br)cc2Cl)c1F. The van der Waals surface area contributed by atoms with Crippen molar-refractivity contribution in [3.63, 3.8) is 0 Å². The molecule has 1 aliphatic heterocycles. The number of amides is 1. The summed E-state index contributed by atoms with van der Waals surface area (Å²) in [4.78, 5) is 32.4. The number of hydroxylamine groups is 1. The number of aliphatic hydroxyl groups is 1. The Morgan fingerprint density at radius 1 is 1.27 bits per heavy atom. The van der Waals surface area contributed by atoms with Crippen molar-refractivity contribution in [1.82, 2.24) is 10.4 Å². The first-order chi connectivity index (χ1) is 17.8. The molecule has 1 amide bonds. The van der Waals surface area contributed by atoms with E-state index in [1.807, 2.05) is 6.92 Å². The van der Waals surface area contributed by atoms with E-state index < -0.39 is 11.7 Å². The number of aldehydes is 1. The van der Waals surface area contributed by atoms with E-state index in [-0.39, 0.29) is 30.2 Å². The van der Waals surface area contributed by atoms with E-state index in [1.54, 1.807) is 18.2 Å². The van der Waals surface area contributed by atoms with Gasteiger partial charge in [0.25, 0.3) is 5.91 Å². The third-order valence-corrected chi connectivity index (χ3v) is 5.59. The fourth-order valence-corrected chi connectivity index (χ4v) is 3.67. The molecule has 0 bridgehead atoms. The molecule has 0 atom stereocenters. The lowest BCUT2D eigenvalue weighted by molar-refractivity contribution is -0.107. The van der Waals surface area contributed by atoms with Crippen LogP contribution in [0.5, 0.6) is 0 Å². The van der Waals surface area contributed by atoms with Gasteiger partial charge in [-0.3, -0.25) is 14.6 Å². The first-order valence-electron chi connectivity index (χ1n) is 11.7. The third-order valence-electron chi connectivity index (χ3n) is 4.78. The van der Waals surface area contributed by atoms with Crippen LogP contribution in [0, 0.1) is 5.82 Å². The minimum Gasteiger partial charge on any atom is -0.394 e. The summed E-state index contributed by atoms with van der Waals surface area (Å²) in [6, 6.07) is 7.82. The Bertz CT molecular complexity index is 1020. The van der Waals surface area contributed by atoms with Crippen molar-refractivity contribution in [2.24, 2.45) is 4.99 Å². The molecular formula is C25H34BrClFN5O4. The molecular weight excluding hydrogens is 569 g/mol. The number of rotatable bonds is 9. The molecule has 0 aliphatic carbocycles. The van der Waals surface area contributed by atoms with Crippen molar-refractivity contribution in [2.45, 2.75) is 26.2 Å². The summed E-state index contributed by atoms with van der Waals surface area (Å²) < 4.78 is 15.8. The lowest BCUT2D eigenvalue weighted by Gasteiger charge is -2.16. The van der Waals surface area contributed by atoms with Crippen LogP contribution in [0.1, 0.15) is 36.5 Å². The predicted octanol–water partition coefficient (Wildman–Crippen LogP) is 5.02. The number of likely N-dealkylation sites (tertiary alicyclic amines) is 1. The molecule has 0 unspecified atom stereocenters. The summed E-state index contributed by atoms with van der Waals surface area (Å²) in [7, 11) is 3.71. The van der Waals surface area contributed by atoms with Crippen LogP contribution in [-0.4, -0.2) is 68.9 Å². The lowest BCUT2D eigenvalue weighted by Crippen LogP contribution is -2.26. The lowest BCUT2D eigenvalue weighted by atomic mass is 10.1. The maximum absolute atomic E-state index is 15.0.